The number of likely N-dealkylation sites (tertiary alicyclic amines) is 1. The average molecular weight is 486 g/mol. The normalized spacial score (nSPS) is 18.0. The first-order chi connectivity index (χ1) is 16.8. The van der Waals surface area contributed by atoms with Gasteiger partial charge >= 0.3 is 5.97 Å². The fourth-order valence-corrected chi connectivity index (χ4v) is 5.14. The van der Waals surface area contributed by atoms with Crippen molar-refractivity contribution in [3.8, 4) is 0 Å². The molecule has 1 aliphatic rings. The summed E-state index contributed by atoms with van der Waals surface area (Å²) in [5.41, 5.74) is 4.79. The largest absolute Gasteiger partial charge is 0.481 e. The second kappa shape index (κ2) is 13.1. The van der Waals surface area contributed by atoms with Crippen molar-refractivity contribution in [2.75, 3.05) is 19.7 Å². The van der Waals surface area contributed by atoms with Gasteiger partial charge in [0.25, 0.3) is 0 Å². The summed E-state index contributed by atoms with van der Waals surface area (Å²) in [5, 5.41) is 20.0. The summed E-state index contributed by atoms with van der Waals surface area (Å²) in [6, 6.07) is 11.8. The number of carbonyl (C=O) groups is 1. The molecule has 35 heavy (non-hydrogen) atoms. The highest BCUT2D eigenvalue weighted by Gasteiger charge is 2.27. The zero-order chi connectivity index (χ0) is 25.4. The number of aliphatic hydroxyl groups excluding tert-OH is 1. The third-order valence-electron chi connectivity index (χ3n) is 7.07. The first-order valence-corrected chi connectivity index (χ1v) is 12.9. The van der Waals surface area contributed by atoms with Crippen LogP contribution in [0, 0.1) is 19.7 Å². The van der Waals surface area contributed by atoms with E-state index in [0.29, 0.717) is 18.5 Å². The van der Waals surface area contributed by atoms with E-state index in [9.17, 15) is 14.3 Å². The Morgan fingerprint density at radius 3 is 2.74 bits per heavy atom. The van der Waals surface area contributed by atoms with E-state index in [4.69, 9.17) is 9.84 Å². The number of β-amino-alcohol motifs (C(OH)–C–C–N with tert-alkyl or cyclic N) is 1. The molecular weight excluding hydrogens is 445 g/mol. The van der Waals surface area contributed by atoms with E-state index < -0.39 is 12.1 Å². The lowest BCUT2D eigenvalue weighted by Crippen LogP contribution is -2.39. The minimum atomic E-state index is -0.809. The number of rotatable bonds is 13. The molecule has 1 saturated heterocycles. The first kappa shape index (κ1) is 27.3. The van der Waals surface area contributed by atoms with E-state index in [0.717, 1.165) is 60.9 Å². The van der Waals surface area contributed by atoms with Gasteiger partial charge in [0.15, 0.2) is 0 Å². The van der Waals surface area contributed by atoms with Gasteiger partial charge in [-0.25, -0.2) is 4.39 Å². The molecule has 0 unspecified atom stereocenters. The summed E-state index contributed by atoms with van der Waals surface area (Å²) < 4.78 is 20.2. The monoisotopic (exact) mass is 485 g/mol. The SMILES string of the molecule is CCC[C@@H](OC[C@H](O)CN1CCC[C@H]1Cc1ccc(C)c(F)c1)c1cccc(C)c1CCC(=O)O. The molecule has 1 aliphatic heterocycles. The Hall–Kier alpha value is -2.28. The Labute approximate surface area is 208 Å². The molecular formula is C29H40FNO4. The number of carboxylic acid groups (broad SMARTS) is 1. The summed E-state index contributed by atoms with van der Waals surface area (Å²) in [4.78, 5) is 13.5. The molecule has 1 fully saturated rings. The molecule has 0 bridgehead atoms. The van der Waals surface area contributed by atoms with Crippen molar-refractivity contribution >= 4 is 5.97 Å². The van der Waals surface area contributed by atoms with Gasteiger partial charge in [-0.05, 0) is 86.4 Å². The first-order valence-electron chi connectivity index (χ1n) is 12.9. The Morgan fingerprint density at radius 2 is 2.03 bits per heavy atom. The predicted octanol–water partition coefficient (Wildman–Crippen LogP) is 5.39. The third-order valence-corrected chi connectivity index (χ3v) is 7.07. The van der Waals surface area contributed by atoms with Crippen LogP contribution in [0.2, 0.25) is 0 Å². The lowest BCUT2D eigenvalue weighted by Gasteiger charge is -2.28. The number of nitrogens with zero attached hydrogens (tertiary/aromatic N) is 1. The van der Waals surface area contributed by atoms with Crippen LogP contribution in [0.15, 0.2) is 36.4 Å². The van der Waals surface area contributed by atoms with E-state index in [1.165, 1.54) is 0 Å². The maximum atomic E-state index is 14.0. The zero-order valence-electron chi connectivity index (χ0n) is 21.3. The van der Waals surface area contributed by atoms with Crippen LogP contribution in [0.3, 0.4) is 0 Å². The molecule has 0 amide bonds. The van der Waals surface area contributed by atoms with Crippen LogP contribution in [-0.4, -0.2) is 52.9 Å². The van der Waals surface area contributed by atoms with Gasteiger partial charge in [0.05, 0.1) is 18.8 Å². The van der Waals surface area contributed by atoms with Crippen LogP contribution in [0.1, 0.15) is 72.9 Å². The lowest BCUT2D eigenvalue weighted by atomic mass is 9.92. The summed E-state index contributed by atoms with van der Waals surface area (Å²) in [5.74, 6) is -0.975. The molecule has 0 aliphatic carbocycles. The average Bonchev–Trinajstić information content (AvgIpc) is 3.24. The highest BCUT2D eigenvalue weighted by molar-refractivity contribution is 5.67. The van der Waals surface area contributed by atoms with Crippen LogP contribution >= 0.6 is 0 Å². The Kier molecular flexibility index (Phi) is 10.3. The smallest absolute Gasteiger partial charge is 0.303 e. The van der Waals surface area contributed by atoms with Crippen LogP contribution in [0.5, 0.6) is 0 Å². The van der Waals surface area contributed by atoms with Crippen LogP contribution < -0.4 is 0 Å². The molecule has 2 N–H and O–H groups in total. The second-order valence-corrected chi connectivity index (χ2v) is 9.88. The van der Waals surface area contributed by atoms with Crippen molar-refractivity contribution in [2.24, 2.45) is 0 Å². The molecule has 192 valence electrons. The second-order valence-electron chi connectivity index (χ2n) is 9.88. The highest BCUT2D eigenvalue weighted by Crippen LogP contribution is 2.30. The minimum Gasteiger partial charge on any atom is -0.481 e. The van der Waals surface area contributed by atoms with Gasteiger partial charge < -0.3 is 14.9 Å². The fourth-order valence-electron chi connectivity index (χ4n) is 5.14. The Morgan fingerprint density at radius 1 is 1.23 bits per heavy atom. The van der Waals surface area contributed by atoms with Gasteiger partial charge in [-0.1, -0.05) is 43.7 Å². The summed E-state index contributed by atoms with van der Waals surface area (Å²) in [6.07, 6.45) is 4.37. The number of benzene rings is 2. The predicted molar refractivity (Wildman–Crippen MR) is 136 cm³/mol. The molecule has 1 heterocycles. The van der Waals surface area contributed by atoms with Crippen molar-refractivity contribution < 1.29 is 24.1 Å². The maximum Gasteiger partial charge on any atom is 0.303 e. The molecule has 6 heteroatoms. The van der Waals surface area contributed by atoms with Crippen molar-refractivity contribution in [2.45, 2.75) is 84.0 Å². The Balaban J connectivity index is 1.60. The molecule has 3 rings (SSSR count). The van der Waals surface area contributed by atoms with Gasteiger partial charge in [0.1, 0.15) is 5.82 Å². The Bertz CT molecular complexity index is 979. The number of hydrogen-bond acceptors (Lipinski definition) is 4. The molecule has 0 radical (unpaired) electrons. The molecule has 0 saturated carbocycles. The van der Waals surface area contributed by atoms with Crippen molar-refractivity contribution in [1.82, 2.24) is 4.90 Å². The standard InChI is InChI=1S/C29H40FNO4/c1-4-7-28(26-10-5-8-20(2)25(26)13-14-29(33)34)35-19-24(32)18-31-15-6-9-23(31)16-22-12-11-21(3)27(30)17-22/h5,8,10-12,17,23-24,28,32H,4,6-7,9,13-16,18-19H2,1-3H3,(H,33,34)/t23-,24+,28+/m0/s1. The van der Waals surface area contributed by atoms with Crippen LogP contribution in [0.4, 0.5) is 4.39 Å². The molecule has 0 aromatic heterocycles. The van der Waals surface area contributed by atoms with E-state index in [2.05, 4.69) is 11.8 Å². The van der Waals surface area contributed by atoms with E-state index in [1.54, 1.807) is 13.0 Å². The van der Waals surface area contributed by atoms with Gasteiger partial charge in [-0.15, -0.1) is 0 Å². The number of ether oxygens (including phenoxy) is 1. The maximum absolute atomic E-state index is 14.0. The fraction of sp³-hybridized carbons (Fsp3) is 0.552. The lowest BCUT2D eigenvalue weighted by molar-refractivity contribution is -0.136. The van der Waals surface area contributed by atoms with Gasteiger partial charge in [-0.3, -0.25) is 9.69 Å². The molecule has 5 nitrogen and oxygen atoms in total. The summed E-state index contributed by atoms with van der Waals surface area (Å²) in [6.45, 7) is 7.55. The molecule has 2 aromatic rings. The van der Waals surface area contributed by atoms with Crippen LogP contribution in [0.25, 0.3) is 0 Å². The van der Waals surface area contributed by atoms with E-state index >= 15 is 0 Å². The van der Waals surface area contributed by atoms with Gasteiger partial charge in [0, 0.05) is 19.0 Å². The molecule has 3 atom stereocenters. The number of aliphatic hydroxyl groups is 1. The number of carboxylic acids is 1. The van der Waals surface area contributed by atoms with E-state index in [1.807, 2.05) is 37.3 Å². The highest BCUT2D eigenvalue weighted by atomic mass is 19.1. The van der Waals surface area contributed by atoms with Crippen molar-refractivity contribution in [3.63, 3.8) is 0 Å². The third kappa shape index (κ3) is 7.86. The zero-order valence-corrected chi connectivity index (χ0v) is 21.3. The summed E-state index contributed by atoms with van der Waals surface area (Å²) >= 11 is 0. The summed E-state index contributed by atoms with van der Waals surface area (Å²) in [7, 11) is 0. The van der Waals surface area contributed by atoms with Crippen molar-refractivity contribution in [3.05, 3.63) is 70.0 Å². The number of hydrogen-bond donors (Lipinski definition) is 2. The van der Waals surface area contributed by atoms with Gasteiger partial charge in [0.2, 0.25) is 0 Å². The quantitative estimate of drug-likeness (QED) is 0.398. The molecule has 0 spiro atoms. The van der Waals surface area contributed by atoms with Crippen molar-refractivity contribution in [1.29, 1.82) is 0 Å². The van der Waals surface area contributed by atoms with Gasteiger partial charge in [-0.2, -0.15) is 0 Å². The number of aliphatic carboxylic acids is 1. The van der Waals surface area contributed by atoms with Crippen LogP contribution in [-0.2, 0) is 22.4 Å². The van der Waals surface area contributed by atoms with E-state index in [-0.39, 0.29) is 31.0 Å². The number of aryl methyl sites for hydroxylation is 2. The minimum absolute atomic E-state index is 0.0839. The topological polar surface area (TPSA) is 70.0 Å². The number of halogens is 1. The molecule has 2 aromatic carbocycles.